The maximum atomic E-state index is 15.1. The molecule has 3 saturated heterocycles. The van der Waals surface area contributed by atoms with Crippen molar-refractivity contribution in [3.8, 4) is 0 Å². The average molecular weight is 708 g/mol. The van der Waals surface area contributed by atoms with Gasteiger partial charge < -0.3 is 29.7 Å². The Morgan fingerprint density at radius 1 is 1.04 bits per heavy atom. The first kappa shape index (κ1) is 37.0. The second-order valence-electron chi connectivity index (χ2n) is 14.5. The number of nitrogens with zero attached hydrogens (tertiary/aromatic N) is 2. The second kappa shape index (κ2) is 15.4. The monoisotopic (exact) mass is 707 g/mol. The minimum atomic E-state index is -1.31. The van der Waals surface area contributed by atoms with E-state index in [0.717, 1.165) is 10.8 Å². The number of fused-ring (bicyclic) bond motifs is 2. The largest absolute Gasteiger partial charge is 0.455 e. The van der Waals surface area contributed by atoms with Gasteiger partial charge >= 0.3 is 5.97 Å². The molecule has 0 aromatic heterocycles. The summed E-state index contributed by atoms with van der Waals surface area (Å²) >= 11 is 0. The fourth-order valence-electron chi connectivity index (χ4n) is 8.50. The third-order valence-electron chi connectivity index (χ3n) is 11.0. The number of aliphatic hydroxyl groups is 1. The summed E-state index contributed by atoms with van der Waals surface area (Å²) in [4.78, 5) is 60.1. The fraction of sp³-hybridized carbons (Fsp3) is 0.429. The molecule has 3 aliphatic rings. The quantitative estimate of drug-likeness (QED) is 0.158. The average Bonchev–Trinajstić information content (AvgIpc) is 3.79. The standard InChI is InChI=1S/C42H49N3O7/c1-6-8-18-34(47)43-27(5)37(29-15-10-9-11-16-29)51-41(50)35-33-21-22-42(52-33)36(35)39(48)45(32(25-46)26(3)4)38(42)40(49)44(23-7-2)31-20-19-28-14-12-13-17-30(28)24-31/h6-7,9-17,19-20,24,26-27,32-33,35-38,46H,1-2,8,18,21-23,25H2,3-5H3,(H,43,47)/t27-,32+,33+,35-,36-,37-,38+,42-/m1/s1. The Kier molecular flexibility index (Phi) is 11.0. The molecule has 3 amide bonds. The summed E-state index contributed by atoms with van der Waals surface area (Å²) in [5.74, 6) is -3.79. The molecule has 3 fully saturated rings. The number of hydrogen-bond acceptors (Lipinski definition) is 7. The number of likely N-dealkylation sites (tertiary alicyclic amines) is 1. The van der Waals surface area contributed by atoms with E-state index in [1.54, 1.807) is 24.0 Å². The molecule has 0 radical (unpaired) electrons. The van der Waals surface area contributed by atoms with Crippen LogP contribution in [0, 0.1) is 17.8 Å². The van der Waals surface area contributed by atoms with Gasteiger partial charge in [0, 0.05) is 18.7 Å². The van der Waals surface area contributed by atoms with Crippen molar-refractivity contribution >= 4 is 40.2 Å². The van der Waals surface area contributed by atoms with Crippen LogP contribution >= 0.6 is 0 Å². The summed E-state index contributed by atoms with van der Waals surface area (Å²) in [6.07, 6.45) is 3.41. The van der Waals surface area contributed by atoms with Crippen molar-refractivity contribution in [3.63, 3.8) is 0 Å². The summed E-state index contributed by atoms with van der Waals surface area (Å²) in [6.45, 7) is 13.0. The number of amides is 3. The number of esters is 1. The van der Waals surface area contributed by atoms with Gasteiger partial charge in [-0.2, -0.15) is 0 Å². The predicted octanol–water partition coefficient (Wildman–Crippen LogP) is 5.51. The van der Waals surface area contributed by atoms with E-state index < -0.39 is 59.6 Å². The number of hydrogen-bond donors (Lipinski definition) is 2. The second-order valence-corrected chi connectivity index (χ2v) is 14.5. The molecule has 10 nitrogen and oxygen atoms in total. The lowest BCUT2D eigenvalue weighted by atomic mass is 9.70. The highest BCUT2D eigenvalue weighted by Gasteiger charge is 2.76. The molecule has 1 spiro atoms. The highest BCUT2D eigenvalue weighted by atomic mass is 16.6. The molecule has 0 saturated carbocycles. The summed E-state index contributed by atoms with van der Waals surface area (Å²) in [5, 5.41) is 15.6. The van der Waals surface area contributed by atoms with Crippen LogP contribution in [0.15, 0.2) is 98.1 Å². The maximum absolute atomic E-state index is 15.1. The molecule has 2 N–H and O–H groups in total. The van der Waals surface area contributed by atoms with Gasteiger partial charge in [0.25, 0.3) is 5.91 Å². The molecular formula is C42H49N3O7. The number of ether oxygens (including phenoxy) is 2. The number of allylic oxidation sites excluding steroid dienone is 1. The first-order chi connectivity index (χ1) is 25.1. The molecule has 0 aliphatic carbocycles. The smallest absolute Gasteiger partial charge is 0.313 e. The third-order valence-corrected chi connectivity index (χ3v) is 11.0. The molecule has 0 unspecified atom stereocenters. The van der Waals surface area contributed by atoms with Crippen molar-refractivity contribution in [2.75, 3.05) is 18.1 Å². The summed E-state index contributed by atoms with van der Waals surface area (Å²) < 4.78 is 13.0. The van der Waals surface area contributed by atoms with Gasteiger partial charge in [-0.15, -0.1) is 13.2 Å². The lowest BCUT2D eigenvalue weighted by molar-refractivity contribution is -0.162. The van der Waals surface area contributed by atoms with Crippen molar-refractivity contribution in [2.24, 2.45) is 17.8 Å². The molecule has 3 heterocycles. The lowest BCUT2D eigenvalue weighted by Gasteiger charge is -2.40. The minimum absolute atomic E-state index is 0.173. The van der Waals surface area contributed by atoms with Gasteiger partial charge in [-0.1, -0.05) is 86.7 Å². The molecule has 3 aliphatic heterocycles. The number of carbonyl (C=O) groups excluding carboxylic acids is 4. The van der Waals surface area contributed by atoms with E-state index in [-0.39, 0.29) is 37.3 Å². The van der Waals surface area contributed by atoms with E-state index >= 15 is 4.79 Å². The molecule has 274 valence electrons. The fourth-order valence-corrected chi connectivity index (χ4v) is 8.50. The van der Waals surface area contributed by atoms with Crippen LogP contribution in [0.3, 0.4) is 0 Å². The Morgan fingerprint density at radius 2 is 1.75 bits per heavy atom. The Balaban J connectivity index is 1.36. The lowest BCUT2D eigenvalue weighted by Crippen LogP contribution is -2.59. The van der Waals surface area contributed by atoms with Gasteiger partial charge in [0.15, 0.2) is 0 Å². The predicted molar refractivity (Wildman–Crippen MR) is 199 cm³/mol. The van der Waals surface area contributed by atoms with Crippen molar-refractivity contribution in [3.05, 3.63) is 104 Å². The molecule has 6 rings (SSSR count). The summed E-state index contributed by atoms with van der Waals surface area (Å²) in [6, 6.07) is 20.4. The highest BCUT2D eigenvalue weighted by Crippen LogP contribution is 2.59. The van der Waals surface area contributed by atoms with Gasteiger partial charge in [0.05, 0.1) is 36.6 Å². The van der Waals surface area contributed by atoms with Gasteiger partial charge in [0.2, 0.25) is 11.8 Å². The SMILES string of the molecule is C=CCCC(=O)N[C@H](C)[C@@H](OC(=O)[C@@H]1[C@@H]2CC[C@]3(O2)[C@H](C(=O)N(CC=C)c2ccc4ccccc4c2)N([C@@H](CO)C(C)C)C(=O)[C@@H]13)c1ccccc1. The number of aliphatic hydroxyl groups excluding tert-OH is 1. The Labute approximate surface area is 305 Å². The minimum Gasteiger partial charge on any atom is -0.455 e. The van der Waals surface area contributed by atoms with E-state index in [1.165, 1.54) is 4.90 Å². The normalized spacial score (nSPS) is 25.0. The topological polar surface area (TPSA) is 125 Å². The first-order valence-corrected chi connectivity index (χ1v) is 18.2. The number of anilines is 1. The van der Waals surface area contributed by atoms with E-state index in [2.05, 4.69) is 18.5 Å². The molecular weight excluding hydrogens is 658 g/mol. The van der Waals surface area contributed by atoms with Gasteiger partial charge in [-0.05, 0) is 60.6 Å². The Bertz CT molecular complexity index is 1830. The number of benzene rings is 3. The van der Waals surface area contributed by atoms with Gasteiger partial charge in [-0.25, -0.2) is 0 Å². The van der Waals surface area contributed by atoms with Crippen LogP contribution in [0.1, 0.15) is 58.1 Å². The zero-order valence-electron chi connectivity index (χ0n) is 30.1. The first-order valence-electron chi connectivity index (χ1n) is 18.2. The summed E-state index contributed by atoms with van der Waals surface area (Å²) in [5.41, 5.74) is 0.0156. The van der Waals surface area contributed by atoms with Crippen LogP contribution in [0.2, 0.25) is 0 Å². The zero-order chi connectivity index (χ0) is 37.2. The molecule has 8 atom stereocenters. The van der Waals surface area contributed by atoms with Crippen LogP contribution < -0.4 is 10.2 Å². The van der Waals surface area contributed by atoms with E-state index in [0.29, 0.717) is 30.5 Å². The molecule has 52 heavy (non-hydrogen) atoms. The molecule has 3 aromatic rings. The number of rotatable bonds is 15. The van der Waals surface area contributed by atoms with Crippen LogP contribution in [0.5, 0.6) is 0 Å². The van der Waals surface area contributed by atoms with Gasteiger partial charge in [0.1, 0.15) is 17.7 Å². The number of nitrogens with one attached hydrogen (secondary N) is 1. The molecule has 3 aromatic carbocycles. The molecule has 10 heteroatoms. The van der Waals surface area contributed by atoms with Crippen LogP contribution in [-0.2, 0) is 28.7 Å². The zero-order valence-corrected chi connectivity index (χ0v) is 30.1. The Morgan fingerprint density at radius 3 is 2.42 bits per heavy atom. The van der Waals surface area contributed by atoms with E-state index in [4.69, 9.17) is 9.47 Å². The maximum Gasteiger partial charge on any atom is 0.313 e. The van der Waals surface area contributed by atoms with Crippen molar-refractivity contribution < 1.29 is 33.8 Å². The van der Waals surface area contributed by atoms with Gasteiger partial charge in [-0.3, -0.25) is 19.2 Å². The van der Waals surface area contributed by atoms with Crippen molar-refractivity contribution in [1.29, 1.82) is 0 Å². The van der Waals surface area contributed by atoms with Crippen molar-refractivity contribution in [2.45, 2.75) is 82.4 Å². The van der Waals surface area contributed by atoms with E-state index in [9.17, 15) is 19.5 Å². The number of carbonyl (C=O) groups is 4. The highest BCUT2D eigenvalue weighted by molar-refractivity contribution is 6.05. The van der Waals surface area contributed by atoms with Crippen LogP contribution in [0.25, 0.3) is 10.8 Å². The van der Waals surface area contributed by atoms with E-state index in [1.807, 2.05) is 86.6 Å². The Hall–Kier alpha value is -4.80. The van der Waals surface area contributed by atoms with Crippen molar-refractivity contribution in [1.82, 2.24) is 10.2 Å². The van der Waals surface area contributed by atoms with Crippen LogP contribution in [0.4, 0.5) is 5.69 Å². The summed E-state index contributed by atoms with van der Waals surface area (Å²) in [7, 11) is 0. The molecule has 2 bridgehead atoms. The van der Waals surface area contributed by atoms with Crippen LogP contribution in [-0.4, -0.2) is 76.7 Å². The third kappa shape index (κ3) is 6.65.